The summed E-state index contributed by atoms with van der Waals surface area (Å²) in [6.45, 7) is 7.69. The molecular formula is C12H26N2O2S. The highest BCUT2D eigenvalue weighted by Crippen LogP contribution is 2.33. The van der Waals surface area contributed by atoms with Crippen LogP contribution in [0.15, 0.2) is 0 Å². The van der Waals surface area contributed by atoms with E-state index in [0.717, 1.165) is 19.3 Å². The van der Waals surface area contributed by atoms with Gasteiger partial charge in [-0.2, -0.15) is 0 Å². The van der Waals surface area contributed by atoms with E-state index in [4.69, 9.17) is 5.73 Å². The van der Waals surface area contributed by atoms with Crippen LogP contribution in [0.25, 0.3) is 0 Å². The molecule has 5 heteroatoms. The Morgan fingerprint density at radius 3 is 2.41 bits per heavy atom. The molecule has 1 aliphatic rings. The average Bonchev–Trinajstić information content (AvgIpc) is 2.15. The normalized spacial score (nSPS) is 31.5. The third-order valence-electron chi connectivity index (χ3n) is 3.64. The lowest BCUT2D eigenvalue weighted by atomic mass is 9.77. The zero-order valence-electron chi connectivity index (χ0n) is 11.4. The standard InChI is InChI=1S/C12H26N2O2S/c1-10-6-5-7-12(8-10,9-13)14-17(15,16)11(2,3)4/h10,14H,5-9,13H2,1-4H3. The molecule has 0 amide bonds. The number of hydrogen-bond acceptors (Lipinski definition) is 3. The summed E-state index contributed by atoms with van der Waals surface area (Å²) in [7, 11) is -3.32. The number of nitrogens with two attached hydrogens (primary N) is 1. The molecule has 1 saturated carbocycles. The minimum Gasteiger partial charge on any atom is -0.329 e. The van der Waals surface area contributed by atoms with Crippen molar-refractivity contribution in [1.82, 2.24) is 4.72 Å². The Balaban J connectivity index is 2.90. The first-order valence-electron chi connectivity index (χ1n) is 6.35. The van der Waals surface area contributed by atoms with E-state index < -0.39 is 20.3 Å². The number of nitrogens with one attached hydrogen (secondary N) is 1. The van der Waals surface area contributed by atoms with Crippen LogP contribution in [0.4, 0.5) is 0 Å². The lowest BCUT2D eigenvalue weighted by Crippen LogP contribution is -2.58. The smallest absolute Gasteiger partial charge is 0.217 e. The van der Waals surface area contributed by atoms with Crippen LogP contribution in [-0.4, -0.2) is 25.2 Å². The molecule has 1 aliphatic carbocycles. The second-order valence-electron chi connectivity index (χ2n) is 6.40. The summed E-state index contributed by atoms with van der Waals surface area (Å²) in [5, 5.41) is 0. The summed E-state index contributed by atoms with van der Waals surface area (Å²) in [6, 6.07) is 0. The molecule has 102 valence electrons. The van der Waals surface area contributed by atoms with E-state index in [1.165, 1.54) is 6.42 Å². The number of sulfonamides is 1. The third-order valence-corrected chi connectivity index (χ3v) is 5.95. The summed E-state index contributed by atoms with van der Waals surface area (Å²) < 4.78 is 26.5. The molecule has 3 N–H and O–H groups in total. The van der Waals surface area contributed by atoms with Crippen LogP contribution in [0, 0.1) is 5.92 Å². The van der Waals surface area contributed by atoms with Gasteiger partial charge >= 0.3 is 0 Å². The first-order chi connectivity index (χ1) is 7.62. The van der Waals surface area contributed by atoms with Crippen molar-refractivity contribution in [2.45, 2.75) is 63.7 Å². The van der Waals surface area contributed by atoms with E-state index in [-0.39, 0.29) is 0 Å². The van der Waals surface area contributed by atoms with Crippen LogP contribution >= 0.6 is 0 Å². The van der Waals surface area contributed by atoms with Gasteiger partial charge in [0.1, 0.15) is 0 Å². The molecule has 0 radical (unpaired) electrons. The molecule has 4 nitrogen and oxygen atoms in total. The van der Waals surface area contributed by atoms with Crippen molar-refractivity contribution in [1.29, 1.82) is 0 Å². The largest absolute Gasteiger partial charge is 0.329 e. The summed E-state index contributed by atoms with van der Waals surface area (Å²) in [5.41, 5.74) is 5.40. The van der Waals surface area contributed by atoms with E-state index in [2.05, 4.69) is 11.6 Å². The lowest BCUT2D eigenvalue weighted by molar-refractivity contribution is 0.221. The van der Waals surface area contributed by atoms with Crippen LogP contribution in [0.1, 0.15) is 53.4 Å². The first kappa shape index (κ1) is 14.9. The summed E-state index contributed by atoms with van der Waals surface area (Å²) in [4.78, 5) is 0. The van der Waals surface area contributed by atoms with E-state index >= 15 is 0 Å². The lowest BCUT2D eigenvalue weighted by Gasteiger charge is -2.41. The predicted octanol–water partition coefficient (Wildman–Crippen LogP) is 1.61. The molecule has 0 aromatic rings. The molecule has 0 aliphatic heterocycles. The van der Waals surface area contributed by atoms with Gasteiger partial charge in [0.05, 0.1) is 4.75 Å². The van der Waals surface area contributed by atoms with E-state index in [1.807, 2.05) is 0 Å². The van der Waals surface area contributed by atoms with Crippen LogP contribution in [0.5, 0.6) is 0 Å². The van der Waals surface area contributed by atoms with Crippen LogP contribution in [0.2, 0.25) is 0 Å². The molecule has 0 spiro atoms. The van der Waals surface area contributed by atoms with Crippen molar-refractivity contribution >= 4 is 10.0 Å². The van der Waals surface area contributed by atoms with Gasteiger partial charge in [0.25, 0.3) is 0 Å². The Morgan fingerprint density at radius 1 is 1.41 bits per heavy atom. The molecule has 0 aromatic heterocycles. The summed E-state index contributed by atoms with van der Waals surface area (Å²) >= 11 is 0. The highest BCUT2D eigenvalue weighted by molar-refractivity contribution is 7.90. The van der Waals surface area contributed by atoms with Crippen LogP contribution < -0.4 is 10.5 Å². The fraction of sp³-hybridized carbons (Fsp3) is 1.00. The molecule has 1 rings (SSSR count). The minimum absolute atomic E-state index is 0.382. The van der Waals surface area contributed by atoms with Crippen molar-refractivity contribution in [3.8, 4) is 0 Å². The second-order valence-corrected chi connectivity index (χ2v) is 8.84. The summed E-state index contributed by atoms with van der Waals surface area (Å²) in [5.74, 6) is 0.537. The molecule has 0 saturated heterocycles. The van der Waals surface area contributed by atoms with Crippen molar-refractivity contribution in [2.24, 2.45) is 11.7 Å². The van der Waals surface area contributed by atoms with Crippen molar-refractivity contribution < 1.29 is 8.42 Å². The Kier molecular flexibility index (Phi) is 4.27. The van der Waals surface area contributed by atoms with Gasteiger partial charge in [-0.1, -0.05) is 19.8 Å². The fourth-order valence-electron chi connectivity index (χ4n) is 2.42. The minimum atomic E-state index is -3.32. The topological polar surface area (TPSA) is 72.2 Å². The van der Waals surface area contributed by atoms with Gasteiger partial charge in [-0.05, 0) is 39.5 Å². The molecule has 0 aromatic carbocycles. The van der Waals surface area contributed by atoms with Crippen molar-refractivity contribution in [3.05, 3.63) is 0 Å². The maximum atomic E-state index is 12.2. The van der Waals surface area contributed by atoms with Gasteiger partial charge in [0.15, 0.2) is 0 Å². The predicted molar refractivity (Wildman–Crippen MR) is 71.2 cm³/mol. The van der Waals surface area contributed by atoms with Gasteiger partial charge < -0.3 is 5.73 Å². The van der Waals surface area contributed by atoms with Gasteiger partial charge in [0.2, 0.25) is 10.0 Å². The molecule has 2 atom stereocenters. The first-order valence-corrected chi connectivity index (χ1v) is 7.84. The number of rotatable bonds is 3. The fourth-order valence-corrected chi connectivity index (χ4v) is 3.56. The maximum absolute atomic E-state index is 12.2. The van der Waals surface area contributed by atoms with Crippen molar-refractivity contribution in [2.75, 3.05) is 6.54 Å². The number of hydrogen-bond donors (Lipinski definition) is 2. The molecule has 2 unspecified atom stereocenters. The Labute approximate surface area is 105 Å². The molecule has 0 heterocycles. The SMILES string of the molecule is CC1CCCC(CN)(NS(=O)(=O)C(C)(C)C)C1. The van der Waals surface area contributed by atoms with Gasteiger partial charge in [-0.3, -0.25) is 0 Å². The zero-order valence-corrected chi connectivity index (χ0v) is 12.2. The van der Waals surface area contributed by atoms with Gasteiger partial charge in [-0.25, -0.2) is 13.1 Å². The van der Waals surface area contributed by atoms with Crippen molar-refractivity contribution in [3.63, 3.8) is 0 Å². The quantitative estimate of drug-likeness (QED) is 0.811. The molecular weight excluding hydrogens is 236 g/mol. The van der Waals surface area contributed by atoms with Gasteiger partial charge in [-0.15, -0.1) is 0 Å². The Bertz CT molecular complexity index is 359. The van der Waals surface area contributed by atoms with Crippen LogP contribution in [-0.2, 0) is 10.0 Å². The maximum Gasteiger partial charge on any atom is 0.217 e. The monoisotopic (exact) mass is 262 g/mol. The third kappa shape index (κ3) is 3.42. The molecule has 1 fully saturated rings. The molecule has 17 heavy (non-hydrogen) atoms. The highest BCUT2D eigenvalue weighted by Gasteiger charge is 2.41. The second kappa shape index (κ2) is 4.86. The Morgan fingerprint density at radius 2 is 2.00 bits per heavy atom. The Hall–Kier alpha value is -0.130. The van der Waals surface area contributed by atoms with E-state index in [1.54, 1.807) is 20.8 Å². The van der Waals surface area contributed by atoms with E-state index in [0.29, 0.717) is 12.5 Å². The average molecular weight is 262 g/mol. The van der Waals surface area contributed by atoms with Crippen LogP contribution in [0.3, 0.4) is 0 Å². The zero-order chi connectivity index (χ0) is 13.3. The summed E-state index contributed by atoms with van der Waals surface area (Å²) in [6.07, 6.45) is 3.91. The highest BCUT2D eigenvalue weighted by atomic mass is 32.2. The van der Waals surface area contributed by atoms with Gasteiger partial charge in [0, 0.05) is 12.1 Å². The molecule has 0 bridgehead atoms. The van der Waals surface area contributed by atoms with E-state index in [9.17, 15) is 8.42 Å².